The van der Waals surface area contributed by atoms with Crippen LogP contribution in [0, 0.1) is 17.1 Å². The Labute approximate surface area is 120 Å². The van der Waals surface area contributed by atoms with Crippen LogP contribution < -0.4 is 10.5 Å². The minimum Gasteiger partial charge on any atom is -0.494 e. The minimum atomic E-state index is -0.313. The van der Waals surface area contributed by atoms with E-state index >= 15 is 0 Å². The highest BCUT2D eigenvalue weighted by Gasteiger charge is 2.14. The largest absolute Gasteiger partial charge is 0.494 e. The second-order valence-electron chi connectivity index (χ2n) is 5.34. The fourth-order valence-corrected chi connectivity index (χ4v) is 2.11. The summed E-state index contributed by atoms with van der Waals surface area (Å²) in [6.07, 6.45) is 0.498. The third-order valence-corrected chi connectivity index (χ3v) is 2.98. The molecule has 0 unspecified atom stereocenters. The van der Waals surface area contributed by atoms with Crippen molar-refractivity contribution in [1.29, 1.82) is 5.41 Å². The van der Waals surface area contributed by atoms with Gasteiger partial charge in [-0.15, -0.1) is 0 Å². The van der Waals surface area contributed by atoms with Crippen LogP contribution >= 0.6 is 0 Å². The maximum absolute atomic E-state index is 14.2. The second-order valence-corrected chi connectivity index (χ2v) is 5.34. The minimum absolute atomic E-state index is 0.157. The van der Waals surface area contributed by atoms with E-state index in [0.717, 1.165) is 6.54 Å². The summed E-state index contributed by atoms with van der Waals surface area (Å²) in [6, 6.07) is 5.16. The molecule has 0 fully saturated rings. The molecule has 0 radical (unpaired) electrons. The van der Waals surface area contributed by atoms with Gasteiger partial charge in [-0.1, -0.05) is 26.0 Å². The average Bonchev–Trinajstić information content (AvgIpc) is 2.37. The van der Waals surface area contributed by atoms with E-state index in [1.54, 1.807) is 18.2 Å². The van der Waals surface area contributed by atoms with Gasteiger partial charge in [0.25, 0.3) is 0 Å². The van der Waals surface area contributed by atoms with Crippen molar-refractivity contribution in [3.05, 3.63) is 29.6 Å². The molecule has 0 spiro atoms. The molecule has 20 heavy (non-hydrogen) atoms. The molecule has 0 atom stereocenters. The predicted octanol–water partition coefficient (Wildman–Crippen LogP) is 2.62. The Morgan fingerprint density at radius 1 is 1.45 bits per heavy atom. The summed E-state index contributed by atoms with van der Waals surface area (Å²) in [7, 11) is 1.46. The van der Waals surface area contributed by atoms with Gasteiger partial charge in [0.1, 0.15) is 0 Å². The number of amidine groups is 1. The lowest BCUT2D eigenvalue weighted by Gasteiger charge is -2.24. The van der Waals surface area contributed by atoms with E-state index in [0.29, 0.717) is 31.0 Å². The van der Waals surface area contributed by atoms with E-state index in [1.165, 1.54) is 7.11 Å². The van der Waals surface area contributed by atoms with E-state index in [1.807, 2.05) is 0 Å². The monoisotopic (exact) mass is 281 g/mol. The van der Waals surface area contributed by atoms with Gasteiger partial charge in [-0.3, -0.25) is 10.3 Å². The van der Waals surface area contributed by atoms with Gasteiger partial charge in [0.15, 0.2) is 11.6 Å². The lowest BCUT2D eigenvalue weighted by molar-refractivity contribution is 0.238. The molecule has 4 nitrogen and oxygen atoms in total. The smallest absolute Gasteiger partial charge is 0.169 e. The number of nitrogens with two attached hydrogens (primary N) is 1. The number of rotatable bonds is 8. The van der Waals surface area contributed by atoms with Crippen molar-refractivity contribution < 1.29 is 9.13 Å². The first-order valence-electron chi connectivity index (χ1n) is 6.80. The first-order chi connectivity index (χ1) is 9.43. The zero-order valence-corrected chi connectivity index (χ0v) is 12.4. The lowest BCUT2D eigenvalue weighted by Crippen LogP contribution is -2.31. The van der Waals surface area contributed by atoms with Crippen LogP contribution in [-0.4, -0.2) is 30.9 Å². The Hall–Kier alpha value is -1.62. The van der Waals surface area contributed by atoms with Crippen LogP contribution in [0.5, 0.6) is 5.75 Å². The van der Waals surface area contributed by atoms with Crippen LogP contribution in [0.4, 0.5) is 4.39 Å². The summed E-state index contributed by atoms with van der Waals surface area (Å²) in [5, 5.41) is 7.31. The number of hydrogen-bond acceptors (Lipinski definition) is 3. The van der Waals surface area contributed by atoms with E-state index in [9.17, 15) is 4.39 Å². The van der Waals surface area contributed by atoms with Gasteiger partial charge in [0.2, 0.25) is 0 Å². The number of benzene rings is 1. The molecule has 0 heterocycles. The summed E-state index contributed by atoms with van der Waals surface area (Å²) in [5.74, 6) is 0.575. The zero-order chi connectivity index (χ0) is 15.1. The van der Waals surface area contributed by atoms with Gasteiger partial charge in [0.05, 0.1) is 12.9 Å². The van der Waals surface area contributed by atoms with Gasteiger partial charge in [-0.05, 0) is 12.0 Å². The van der Waals surface area contributed by atoms with Crippen LogP contribution in [0.15, 0.2) is 18.2 Å². The topological polar surface area (TPSA) is 62.3 Å². The van der Waals surface area contributed by atoms with E-state index in [4.69, 9.17) is 15.9 Å². The predicted molar refractivity (Wildman–Crippen MR) is 79.6 cm³/mol. The molecule has 0 aliphatic carbocycles. The number of ether oxygens (including phenoxy) is 1. The van der Waals surface area contributed by atoms with Gasteiger partial charge in [0, 0.05) is 31.6 Å². The molecule has 0 saturated carbocycles. The Kier molecular flexibility index (Phi) is 6.45. The third-order valence-electron chi connectivity index (χ3n) is 2.98. The van der Waals surface area contributed by atoms with Gasteiger partial charge in [-0.25, -0.2) is 4.39 Å². The molecule has 1 rings (SSSR count). The number of hydrogen-bond donors (Lipinski definition) is 2. The molecule has 1 aromatic carbocycles. The standard InChI is InChI=1S/C15H24FN3O/c1-11(2)9-19(8-7-14(17)18)10-12-5-4-6-13(20-3)15(12)16/h4-6,11H,7-10H2,1-3H3,(H3,17,18). The molecule has 0 saturated heterocycles. The molecule has 0 bridgehead atoms. The Morgan fingerprint density at radius 3 is 2.70 bits per heavy atom. The normalized spacial score (nSPS) is 11.1. The van der Waals surface area contributed by atoms with Crippen molar-refractivity contribution in [2.75, 3.05) is 20.2 Å². The number of nitrogens with zero attached hydrogens (tertiary/aromatic N) is 1. The zero-order valence-electron chi connectivity index (χ0n) is 12.4. The fraction of sp³-hybridized carbons (Fsp3) is 0.533. The Morgan fingerprint density at radius 2 is 2.15 bits per heavy atom. The SMILES string of the molecule is COc1cccc(CN(CCC(=N)N)CC(C)C)c1F. The van der Waals surface area contributed by atoms with E-state index < -0.39 is 0 Å². The van der Waals surface area contributed by atoms with E-state index in [2.05, 4.69) is 18.7 Å². The molecule has 0 amide bonds. The molecule has 3 N–H and O–H groups in total. The molecule has 0 aliphatic rings. The number of halogens is 1. The van der Waals surface area contributed by atoms with Crippen molar-refractivity contribution in [3.63, 3.8) is 0 Å². The molecule has 112 valence electrons. The fourth-order valence-electron chi connectivity index (χ4n) is 2.11. The van der Waals surface area contributed by atoms with Crippen LogP contribution in [0.25, 0.3) is 0 Å². The van der Waals surface area contributed by atoms with Gasteiger partial charge < -0.3 is 10.5 Å². The van der Waals surface area contributed by atoms with E-state index in [-0.39, 0.29) is 17.4 Å². The first kappa shape index (κ1) is 16.4. The van der Waals surface area contributed by atoms with Crippen LogP contribution in [0.2, 0.25) is 0 Å². The Balaban J connectivity index is 2.80. The lowest BCUT2D eigenvalue weighted by atomic mass is 10.1. The number of methoxy groups -OCH3 is 1. The summed E-state index contributed by atoms with van der Waals surface area (Å²) in [5.41, 5.74) is 6.01. The highest BCUT2D eigenvalue weighted by molar-refractivity contribution is 5.76. The summed E-state index contributed by atoms with van der Waals surface area (Å²) in [4.78, 5) is 2.11. The van der Waals surface area contributed by atoms with Crippen molar-refractivity contribution >= 4 is 5.84 Å². The van der Waals surface area contributed by atoms with Crippen molar-refractivity contribution in [2.45, 2.75) is 26.8 Å². The third kappa shape index (κ3) is 5.17. The summed E-state index contributed by atoms with van der Waals surface area (Å²) < 4.78 is 19.1. The number of nitrogens with one attached hydrogen (secondary N) is 1. The van der Waals surface area contributed by atoms with Gasteiger partial charge in [-0.2, -0.15) is 0 Å². The van der Waals surface area contributed by atoms with Crippen molar-refractivity contribution in [3.8, 4) is 5.75 Å². The van der Waals surface area contributed by atoms with Crippen molar-refractivity contribution in [1.82, 2.24) is 4.90 Å². The summed E-state index contributed by atoms with van der Waals surface area (Å²) in [6.45, 7) is 6.22. The van der Waals surface area contributed by atoms with Crippen LogP contribution in [-0.2, 0) is 6.54 Å². The molecule has 5 heteroatoms. The molecular formula is C15H24FN3O. The average molecular weight is 281 g/mol. The van der Waals surface area contributed by atoms with Gasteiger partial charge >= 0.3 is 0 Å². The molecule has 0 aliphatic heterocycles. The highest BCUT2D eigenvalue weighted by Crippen LogP contribution is 2.21. The molecular weight excluding hydrogens is 257 g/mol. The highest BCUT2D eigenvalue weighted by atomic mass is 19.1. The quantitative estimate of drug-likeness (QED) is 0.569. The molecule has 0 aromatic heterocycles. The maximum Gasteiger partial charge on any atom is 0.169 e. The summed E-state index contributed by atoms with van der Waals surface area (Å²) >= 11 is 0. The van der Waals surface area contributed by atoms with Crippen LogP contribution in [0.3, 0.4) is 0 Å². The van der Waals surface area contributed by atoms with Crippen LogP contribution in [0.1, 0.15) is 25.8 Å². The Bertz CT molecular complexity index is 449. The first-order valence-corrected chi connectivity index (χ1v) is 6.80. The second kappa shape index (κ2) is 7.85. The maximum atomic E-state index is 14.2. The van der Waals surface area contributed by atoms with Crippen molar-refractivity contribution in [2.24, 2.45) is 11.7 Å². The molecule has 1 aromatic rings.